The molecule has 1 aromatic rings. The van der Waals surface area contributed by atoms with Crippen molar-refractivity contribution in [1.29, 1.82) is 0 Å². The molecule has 1 amide bonds. The number of rotatable bonds is 2. The Balaban J connectivity index is 1.66. The van der Waals surface area contributed by atoms with Gasteiger partial charge in [0.25, 0.3) is 5.91 Å². The van der Waals surface area contributed by atoms with Crippen LogP contribution in [0.2, 0.25) is 0 Å². The van der Waals surface area contributed by atoms with Crippen molar-refractivity contribution in [1.82, 2.24) is 14.9 Å². The van der Waals surface area contributed by atoms with E-state index in [1.54, 1.807) is 12.4 Å². The molecule has 3 heterocycles. The Morgan fingerprint density at radius 3 is 2.65 bits per heavy atom. The van der Waals surface area contributed by atoms with Crippen LogP contribution in [0.5, 0.6) is 0 Å². The van der Waals surface area contributed by atoms with Gasteiger partial charge in [0.05, 0.1) is 17.6 Å². The van der Waals surface area contributed by atoms with E-state index in [2.05, 4.69) is 25.9 Å². The van der Waals surface area contributed by atoms with Gasteiger partial charge < -0.3 is 14.5 Å². The zero-order valence-corrected chi connectivity index (χ0v) is 12.8. The Bertz CT molecular complexity index is 476. The Kier molecular flexibility index (Phi) is 4.16. The third kappa shape index (κ3) is 2.93. The topological polar surface area (TPSA) is 58.6 Å². The summed E-state index contributed by atoms with van der Waals surface area (Å²) in [7, 11) is 0. The first-order valence-corrected chi connectivity index (χ1v) is 7.66. The molecule has 3 rings (SSSR count). The molecule has 2 aliphatic rings. The monoisotopic (exact) mass is 340 g/mol. The minimum Gasteiger partial charge on any atom is -0.365 e. The normalized spacial score (nSPS) is 23.1. The van der Waals surface area contributed by atoms with Crippen molar-refractivity contribution in [3.63, 3.8) is 0 Å². The summed E-state index contributed by atoms with van der Waals surface area (Å²) >= 11 is 3.32. The third-order valence-corrected chi connectivity index (χ3v) is 4.06. The maximum atomic E-state index is 12.4. The van der Waals surface area contributed by atoms with Gasteiger partial charge >= 0.3 is 0 Å². The van der Waals surface area contributed by atoms with E-state index < -0.39 is 6.10 Å². The lowest BCUT2D eigenvalue weighted by atomic mass is 10.2. The Morgan fingerprint density at radius 1 is 1.25 bits per heavy atom. The van der Waals surface area contributed by atoms with E-state index in [0.717, 1.165) is 30.4 Å². The van der Waals surface area contributed by atoms with Gasteiger partial charge in [-0.05, 0) is 28.8 Å². The molecule has 0 spiro atoms. The molecule has 1 atom stereocenters. The highest BCUT2D eigenvalue weighted by Gasteiger charge is 2.32. The van der Waals surface area contributed by atoms with Crippen LogP contribution < -0.4 is 4.90 Å². The van der Waals surface area contributed by atoms with Crippen LogP contribution >= 0.6 is 15.9 Å². The highest BCUT2D eigenvalue weighted by molar-refractivity contribution is 9.10. The summed E-state index contributed by atoms with van der Waals surface area (Å²) in [5, 5.41) is 0. The predicted octanol–water partition coefficient (Wildman–Crippen LogP) is 1.07. The first-order chi connectivity index (χ1) is 9.74. The summed E-state index contributed by atoms with van der Waals surface area (Å²) in [6.07, 6.45) is 5.23. The zero-order chi connectivity index (χ0) is 13.9. The smallest absolute Gasteiger partial charge is 0.253 e. The van der Waals surface area contributed by atoms with E-state index in [1.165, 1.54) is 0 Å². The van der Waals surface area contributed by atoms with Crippen molar-refractivity contribution in [2.45, 2.75) is 18.9 Å². The Labute approximate surface area is 126 Å². The number of likely N-dealkylation sites (tertiary alicyclic amines) is 1. The minimum absolute atomic E-state index is 0.101. The number of amides is 1. The maximum Gasteiger partial charge on any atom is 0.253 e. The molecule has 0 aromatic carbocycles. The van der Waals surface area contributed by atoms with Crippen LogP contribution in [0.25, 0.3) is 0 Å². The van der Waals surface area contributed by atoms with Gasteiger partial charge in [0.1, 0.15) is 0 Å². The van der Waals surface area contributed by atoms with Gasteiger partial charge in [0.15, 0.2) is 6.10 Å². The number of ether oxygens (including phenoxy) is 1. The van der Waals surface area contributed by atoms with E-state index in [9.17, 15) is 4.79 Å². The molecular formula is C13H17BrN4O2. The van der Waals surface area contributed by atoms with Crippen molar-refractivity contribution in [3.8, 4) is 0 Å². The Hall–Kier alpha value is -1.21. The molecule has 0 radical (unpaired) electrons. The van der Waals surface area contributed by atoms with Crippen LogP contribution in [0, 0.1) is 0 Å². The SMILES string of the molecule is O=C(C1CN(c2ncc(Br)cn2)CCO1)N1CCCC1. The van der Waals surface area contributed by atoms with Gasteiger partial charge in [-0.1, -0.05) is 0 Å². The van der Waals surface area contributed by atoms with Crippen LogP contribution in [-0.4, -0.2) is 59.7 Å². The maximum absolute atomic E-state index is 12.4. The minimum atomic E-state index is -0.394. The first-order valence-electron chi connectivity index (χ1n) is 6.87. The van der Waals surface area contributed by atoms with E-state index in [4.69, 9.17) is 4.74 Å². The van der Waals surface area contributed by atoms with Crippen LogP contribution in [0.3, 0.4) is 0 Å². The quantitative estimate of drug-likeness (QED) is 0.805. The highest BCUT2D eigenvalue weighted by atomic mass is 79.9. The second kappa shape index (κ2) is 6.05. The van der Waals surface area contributed by atoms with E-state index in [-0.39, 0.29) is 5.91 Å². The van der Waals surface area contributed by atoms with Gasteiger partial charge in [-0.3, -0.25) is 4.79 Å². The fraction of sp³-hybridized carbons (Fsp3) is 0.615. The molecule has 1 aromatic heterocycles. The van der Waals surface area contributed by atoms with Crippen LogP contribution in [0.1, 0.15) is 12.8 Å². The summed E-state index contributed by atoms with van der Waals surface area (Å²) in [6.45, 7) is 3.48. The molecule has 0 N–H and O–H groups in total. The van der Waals surface area contributed by atoms with Gasteiger partial charge in [0, 0.05) is 32.0 Å². The van der Waals surface area contributed by atoms with Crippen LogP contribution in [0.15, 0.2) is 16.9 Å². The molecule has 0 aliphatic carbocycles. The number of hydrogen-bond donors (Lipinski definition) is 0. The summed E-state index contributed by atoms with van der Waals surface area (Å²) in [4.78, 5) is 24.8. The fourth-order valence-corrected chi connectivity index (χ4v) is 2.80. The molecule has 2 saturated heterocycles. The lowest BCUT2D eigenvalue weighted by molar-refractivity contribution is -0.143. The molecule has 1 unspecified atom stereocenters. The second-order valence-corrected chi connectivity index (χ2v) is 5.95. The van der Waals surface area contributed by atoms with Crippen molar-refractivity contribution in [2.75, 3.05) is 37.7 Å². The molecule has 6 nitrogen and oxygen atoms in total. The van der Waals surface area contributed by atoms with E-state index >= 15 is 0 Å². The second-order valence-electron chi connectivity index (χ2n) is 5.04. The predicted molar refractivity (Wildman–Crippen MR) is 77.5 cm³/mol. The van der Waals surface area contributed by atoms with Crippen molar-refractivity contribution >= 4 is 27.8 Å². The number of carbonyl (C=O) groups is 1. The third-order valence-electron chi connectivity index (χ3n) is 3.65. The van der Waals surface area contributed by atoms with Crippen molar-refractivity contribution in [3.05, 3.63) is 16.9 Å². The number of anilines is 1. The number of hydrogen-bond acceptors (Lipinski definition) is 5. The number of morpholine rings is 1. The van der Waals surface area contributed by atoms with E-state index in [1.807, 2.05) is 9.80 Å². The highest BCUT2D eigenvalue weighted by Crippen LogP contribution is 2.17. The van der Waals surface area contributed by atoms with Gasteiger partial charge in [-0.25, -0.2) is 9.97 Å². The summed E-state index contributed by atoms with van der Waals surface area (Å²) in [5.74, 6) is 0.750. The van der Waals surface area contributed by atoms with Gasteiger partial charge in [-0.2, -0.15) is 0 Å². The number of aromatic nitrogens is 2. The molecule has 0 bridgehead atoms. The van der Waals surface area contributed by atoms with Crippen molar-refractivity contribution < 1.29 is 9.53 Å². The standard InChI is InChI=1S/C13H17BrN4O2/c14-10-7-15-13(16-8-10)18-5-6-20-11(9-18)12(19)17-3-1-2-4-17/h7-8,11H,1-6,9H2. The molecule has 20 heavy (non-hydrogen) atoms. The average Bonchev–Trinajstić information content (AvgIpc) is 3.01. The first kappa shape index (κ1) is 13.8. The largest absolute Gasteiger partial charge is 0.365 e. The lowest BCUT2D eigenvalue weighted by Crippen LogP contribution is -2.51. The zero-order valence-electron chi connectivity index (χ0n) is 11.2. The lowest BCUT2D eigenvalue weighted by Gasteiger charge is -2.33. The van der Waals surface area contributed by atoms with Crippen LogP contribution in [-0.2, 0) is 9.53 Å². The number of carbonyl (C=O) groups excluding carboxylic acids is 1. The van der Waals surface area contributed by atoms with Crippen LogP contribution in [0.4, 0.5) is 5.95 Å². The van der Waals surface area contributed by atoms with Gasteiger partial charge in [0.2, 0.25) is 5.95 Å². The summed E-state index contributed by atoms with van der Waals surface area (Å²) in [5.41, 5.74) is 0. The molecule has 7 heteroatoms. The summed E-state index contributed by atoms with van der Waals surface area (Å²) in [6, 6.07) is 0. The summed E-state index contributed by atoms with van der Waals surface area (Å²) < 4.78 is 6.48. The molecule has 2 fully saturated rings. The van der Waals surface area contributed by atoms with E-state index in [0.29, 0.717) is 25.6 Å². The number of nitrogens with zero attached hydrogens (tertiary/aromatic N) is 4. The number of halogens is 1. The fourth-order valence-electron chi connectivity index (χ4n) is 2.59. The molecule has 108 valence electrons. The Morgan fingerprint density at radius 2 is 1.95 bits per heavy atom. The molecular weight excluding hydrogens is 324 g/mol. The van der Waals surface area contributed by atoms with Gasteiger partial charge in [-0.15, -0.1) is 0 Å². The van der Waals surface area contributed by atoms with Crippen molar-refractivity contribution in [2.24, 2.45) is 0 Å². The average molecular weight is 341 g/mol. The molecule has 2 aliphatic heterocycles. The molecule has 0 saturated carbocycles.